The van der Waals surface area contributed by atoms with E-state index in [9.17, 15) is 0 Å². The number of nitrogens with zero attached hydrogens (tertiary/aromatic N) is 2. The zero-order chi connectivity index (χ0) is 15.0. The van der Waals surface area contributed by atoms with Crippen molar-refractivity contribution in [3.8, 4) is 11.3 Å². The molecule has 3 rings (SSSR count). The van der Waals surface area contributed by atoms with Crippen molar-refractivity contribution in [3.63, 3.8) is 0 Å². The Labute approximate surface area is 133 Å². The van der Waals surface area contributed by atoms with Gasteiger partial charge in [-0.05, 0) is 37.5 Å². The second-order valence-corrected chi connectivity index (χ2v) is 6.73. The zero-order valence-corrected chi connectivity index (χ0v) is 13.9. The fraction of sp³-hybridized carbons (Fsp3) is 0.438. The van der Waals surface area contributed by atoms with Gasteiger partial charge < -0.3 is 11.6 Å². The lowest BCUT2D eigenvalue weighted by Gasteiger charge is -2.20. The minimum Gasteiger partial charge on any atom is -0.382 e. The summed E-state index contributed by atoms with van der Waals surface area (Å²) in [6.07, 6.45) is 6.14. The van der Waals surface area contributed by atoms with Crippen LogP contribution in [0.3, 0.4) is 0 Å². The first-order valence-electron chi connectivity index (χ1n) is 7.47. The smallest absolute Gasteiger partial charge is 0.150 e. The summed E-state index contributed by atoms with van der Waals surface area (Å²) >= 11 is 3.52. The van der Waals surface area contributed by atoms with Crippen molar-refractivity contribution in [3.05, 3.63) is 34.1 Å². The lowest BCUT2D eigenvalue weighted by Crippen LogP contribution is -2.19. The first-order chi connectivity index (χ1) is 10.1. The summed E-state index contributed by atoms with van der Waals surface area (Å²) in [5, 5.41) is 0. The number of anilines is 1. The predicted molar refractivity (Wildman–Crippen MR) is 90.5 cm³/mol. The number of aromatic nitrogens is 2. The van der Waals surface area contributed by atoms with Crippen molar-refractivity contribution in [1.82, 2.24) is 9.66 Å². The highest BCUT2D eigenvalue weighted by molar-refractivity contribution is 9.10. The summed E-state index contributed by atoms with van der Waals surface area (Å²) in [5.74, 6) is 8.09. The number of halogens is 1. The Kier molecular flexibility index (Phi) is 3.93. The molecule has 0 unspecified atom stereocenters. The Bertz CT molecular complexity index is 657. The number of imidazole rings is 1. The molecule has 0 saturated heterocycles. The minimum atomic E-state index is 0.441. The van der Waals surface area contributed by atoms with Gasteiger partial charge in [-0.2, -0.15) is 0 Å². The molecular formula is C16H21BrN4. The van der Waals surface area contributed by atoms with Crippen LogP contribution in [-0.4, -0.2) is 9.66 Å². The summed E-state index contributed by atoms with van der Waals surface area (Å²) in [6.45, 7) is 2.06. The molecule has 1 aromatic heterocycles. The first kappa shape index (κ1) is 14.4. The van der Waals surface area contributed by atoms with Gasteiger partial charge in [-0.15, -0.1) is 0 Å². The second-order valence-electron chi connectivity index (χ2n) is 5.87. The van der Waals surface area contributed by atoms with Crippen LogP contribution in [0.15, 0.2) is 22.7 Å². The zero-order valence-electron chi connectivity index (χ0n) is 12.3. The molecule has 1 heterocycles. The monoisotopic (exact) mass is 348 g/mol. The molecule has 21 heavy (non-hydrogen) atoms. The second kappa shape index (κ2) is 5.72. The average Bonchev–Trinajstić information content (AvgIpc) is 2.79. The highest BCUT2D eigenvalue weighted by Crippen LogP contribution is 2.35. The van der Waals surface area contributed by atoms with E-state index in [0.29, 0.717) is 11.7 Å². The summed E-state index contributed by atoms with van der Waals surface area (Å²) < 4.78 is 2.67. The van der Waals surface area contributed by atoms with E-state index in [1.165, 1.54) is 19.3 Å². The van der Waals surface area contributed by atoms with Crippen LogP contribution < -0.4 is 11.6 Å². The molecule has 1 aromatic carbocycles. The van der Waals surface area contributed by atoms with Crippen LogP contribution in [0.5, 0.6) is 0 Å². The maximum Gasteiger partial charge on any atom is 0.150 e. The molecule has 0 amide bonds. The molecule has 4 N–H and O–H groups in total. The maximum absolute atomic E-state index is 6.19. The standard InChI is InChI=1S/C16H21BrN4/c1-10-9-12(7-8-13(10)17)14-15(18)21(19)16(20-14)11-5-3-2-4-6-11/h7-9,11H,2-6,18-19H2,1H3. The van der Waals surface area contributed by atoms with Gasteiger partial charge in [0, 0.05) is 16.0 Å². The predicted octanol–water partition coefficient (Wildman–Crippen LogP) is 3.96. The molecule has 4 nitrogen and oxygen atoms in total. The van der Waals surface area contributed by atoms with Crippen molar-refractivity contribution < 1.29 is 0 Å². The number of nitrogen functional groups attached to an aromatic ring is 2. The SMILES string of the molecule is Cc1cc(-c2nc(C3CCCCC3)n(N)c2N)ccc1Br. The fourth-order valence-electron chi connectivity index (χ4n) is 3.12. The van der Waals surface area contributed by atoms with Gasteiger partial charge in [-0.1, -0.05) is 41.3 Å². The van der Waals surface area contributed by atoms with Crippen molar-refractivity contribution in [2.75, 3.05) is 11.6 Å². The molecule has 1 aliphatic rings. The molecule has 5 heteroatoms. The Hall–Kier alpha value is -1.49. The van der Waals surface area contributed by atoms with Crippen LogP contribution in [0.25, 0.3) is 11.3 Å². The van der Waals surface area contributed by atoms with E-state index < -0.39 is 0 Å². The average molecular weight is 349 g/mol. The van der Waals surface area contributed by atoms with E-state index in [2.05, 4.69) is 28.9 Å². The molecule has 0 bridgehead atoms. The quantitative estimate of drug-likeness (QED) is 0.806. The minimum absolute atomic E-state index is 0.441. The number of hydrogen-bond acceptors (Lipinski definition) is 3. The van der Waals surface area contributed by atoms with Gasteiger partial charge in [0.15, 0.2) is 5.82 Å². The van der Waals surface area contributed by atoms with Gasteiger partial charge in [-0.25, -0.2) is 9.66 Å². The van der Waals surface area contributed by atoms with Crippen molar-refractivity contribution in [2.45, 2.75) is 44.9 Å². The largest absolute Gasteiger partial charge is 0.382 e. The molecule has 0 atom stereocenters. The lowest BCUT2D eigenvalue weighted by atomic mass is 9.89. The third kappa shape index (κ3) is 2.67. The number of nitrogens with two attached hydrogens (primary N) is 2. The van der Waals surface area contributed by atoms with Gasteiger partial charge in [0.25, 0.3) is 0 Å². The van der Waals surface area contributed by atoms with Gasteiger partial charge in [-0.3, -0.25) is 0 Å². The first-order valence-corrected chi connectivity index (χ1v) is 8.27. The maximum atomic E-state index is 6.19. The van der Waals surface area contributed by atoms with Crippen LogP contribution in [-0.2, 0) is 0 Å². The molecule has 1 saturated carbocycles. The van der Waals surface area contributed by atoms with E-state index in [4.69, 9.17) is 16.6 Å². The molecule has 0 aliphatic heterocycles. The van der Waals surface area contributed by atoms with Crippen LogP contribution in [0, 0.1) is 6.92 Å². The molecule has 0 radical (unpaired) electrons. The Morgan fingerprint density at radius 2 is 1.95 bits per heavy atom. The Morgan fingerprint density at radius 3 is 2.62 bits per heavy atom. The van der Waals surface area contributed by atoms with E-state index in [0.717, 1.165) is 40.0 Å². The number of rotatable bonds is 2. The molecule has 112 valence electrons. The van der Waals surface area contributed by atoms with Crippen molar-refractivity contribution in [2.24, 2.45) is 0 Å². The summed E-state index contributed by atoms with van der Waals surface area (Å²) in [5.41, 5.74) is 9.18. The normalized spacial score (nSPS) is 16.3. The summed E-state index contributed by atoms with van der Waals surface area (Å²) in [6, 6.07) is 6.15. The number of aryl methyl sites for hydroxylation is 1. The van der Waals surface area contributed by atoms with Gasteiger partial charge in [0.2, 0.25) is 0 Å². The van der Waals surface area contributed by atoms with Crippen LogP contribution in [0.4, 0.5) is 5.82 Å². The summed E-state index contributed by atoms with van der Waals surface area (Å²) in [4.78, 5) is 4.77. The Balaban J connectivity index is 2.01. The topological polar surface area (TPSA) is 69.9 Å². The number of benzene rings is 1. The Morgan fingerprint density at radius 1 is 1.24 bits per heavy atom. The number of hydrogen-bond donors (Lipinski definition) is 2. The van der Waals surface area contributed by atoms with Gasteiger partial charge in [0.1, 0.15) is 11.5 Å². The van der Waals surface area contributed by atoms with Crippen LogP contribution >= 0.6 is 15.9 Å². The highest BCUT2D eigenvalue weighted by Gasteiger charge is 2.24. The van der Waals surface area contributed by atoms with E-state index in [1.807, 2.05) is 12.1 Å². The summed E-state index contributed by atoms with van der Waals surface area (Å²) in [7, 11) is 0. The molecular weight excluding hydrogens is 328 g/mol. The van der Waals surface area contributed by atoms with Crippen LogP contribution in [0.2, 0.25) is 0 Å². The van der Waals surface area contributed by atoms with E-state index in [-0.39, 0.29) is 0 Å². The van der Waals surface area contributed by atoms with Gasteiger partial charge >= 0.3 is 0 Å². The molecule has 1 fully saturated rings. The van der Waals surface area contributed by atoms with E-state index in [1.54, 1.807) is 4.68 Å². The van der Waals surface area contributed by atoms with Gasteiger partial charge in [0.05, 0.1) is 0 Å². The van der Waals surface area contributed by atoms with Crippen molar-refractivity contribution in [1.29, 1.82) is 0 Å². The third-order valence-electron chi connectivity index (χ3n) is 4.38. The molecule has 1 aliphatic carbocycles. The van der Waals surface area contributed by atoms with Crippen LogP contribution in [0.1, 0.15) is 49.4 Å². The third-order valence-corrected chi connectivity index (χ3v) is 5.27. The highest BCUT2D eigenvalue weighted by atomic mass is 79.9. The molecule has 2 aromatic rings. The van der Waals surface area contributed by atoms with E-state index >= 15 is 0 Å². The van der Waals surface area contributed by atoms with Crippen molar-refractivity contribution >= 4 is 21.7 Å². The lowest BCUT2D eigenvalue weighted by molar-refractivity contribution is 0.424. The molecule has 0 spiro atoms. The fourth-order valence-corrected chi connectivity index (χ4v) is 3.36.